The van der Waals surface area contributed by atoms with E-state index in [-0.39, 0.29) is 18.1 Å². The number of anilines is 1. The van der Waals surface area contributed by atoms with E-state index in [0.717, 1.165) is 36.2 Å². The molecular formula is C26H33N7O3. The first-order valence-corrected chi connectivity index (χ1v) is 12.4. The fourth-order valence-corrected chi connectivity index (χ4v) is 5.95. The second kappa shape index (κ2) is 9.51. The third-order valence-corrected chi connectivity index (χ3v) is 7.75. The topological polar surface area (TPSA) is 138 Å². The number of amides is 2. The second-order valence-electron chi connectivity index (χ2n) is 10.2. The Morgan fingerprint density at radius 3 is 2.69 bits per heavy atom. The van der Waals surface area contributed by atoms with Crippen LogP contribution in [0.4, 0.5) is 5.69 Å². The molecule has 1 aliphatic carbocycles. The zero-order valence-electron chi connectivity index (χ0n) is 20.8. The molecule has 5 rings (SSSR count). The fourth-order valence-electron chi connectivity index (χ4n) is 5.95. The molecule has 1 unspecified atom stereocenters. The predicted octanol–water partition coefficient (Wildman–Crippen LogP) is 1.60. The highest BCUT2D eigenvalue weighted by molar-refractivity contribution is 6.02. The summed E-state index contributed by atoms with van der Waals surface area (Å²) in [4.78, 5) is 30.8. The maximum absolute atomic E-state index is 12.3. The molecule has 3 aromatic heterocycles. The van der Waals surface area contributed by atoms with Crippen molar-refractivity contribution in [1.29, 1.82) is 0 Å². The van der Waals surface area contributed by atoms with Gasteiger partial charge in [-0.05, 0) is 43.2 Å². The molecular weight excluding hydrogens is 458 g/mol. The molecule has 1 saturated carbocycles. The Kier molecular flexibility index (Phi) is 6.40. The monoisotopic (exact) mass is 491 g/mol. The number of primary amides is 1. The first kappa shape index (κ1) is 24.2. The minimum Gasteiger partial charge on any atom is -0.392 e. The average Bonchev–Trinajstić information content (AvgIpc) is 3.53. The average molecular weight is 492 g/mol. The SMILES string of the molecule is CNC(=O)c1ccc(-c2cc3c(N[C@@H]4C[C@@H]5CN(CC(C)O)C[C@@H]5[C@H]4C)c(C(N)=O)cnn3c2)cn1. The van der Waals surface area contributed by atoms with Crippen LogP contribution in [-0.2, 0) is 0 Å². The number of nitrogens with one attached hydrogen (secondary N) is 2. The lowest BCUT2D eigenvalue weighted by Crippen LogP contribution is -2.34. The van der Waals surface area contributed by atoms with Crippen molar-refractivity contribution in [2.24, 2.45) is 23.5 Å². The molecule has 0 aromatic carbocycles. The van der Waals surface area contributed by atoms with E-state index in [0.29, 0.717) is 41.2 Å². The Balaban J connectivity index is 1.43. The van der Waals surface area contributed by atoms with Gasteiger partial charge in [-0.2, -0.15) is 5.10 Å². The molecule has 10 heteroatoms. The zero-order valence-corrected chi connectivity index (χ0v) is 20.8. The molecule has 5 N–H and O–H groups in total. The van der Waals surface area contributed by atoms with Crippen LogP contribution in [0.15, 0.2) is 36.8 Å². The number of carbonyl (C=O) groups is 2. The number of likely N-dealkylation sites (tertiary alicyclic amines) is 1. The number of pyridine rings is 1. The Labute approximate surface area is 209 Å². The van der Waals surface area contributed by atoms with Gasteiger partial charge in [0.2, 0.25) is 0 Å². The van der Waals surface area contributed by atoms with Gasteiger partial charge in [0, 0.05) is 56.2 Å². The van der Waals surface area contributed by atoms with Gasteiger partial charge in [-0.25, -0.2) is 4.52 Å². The van der Waals surface area contributed by atoms with E-state index in [2.05, 4.69) is 32.5 Å². The first-order chi connectivity index (χ1) is 17.2. The summed E-state index contributed by atoms with van der Waals surface area (Å²) in [5, 5.41) is 20.4. The molecule has 2 amide bonds. The van der Waals surface area contributed by atoms with Crippen LogP contribution in [0.3, 0.4) is 0 Å². The number of rotatable bonds is 7. The third-order valence-electron chi connectivity index (χ3n) is 7.75. The number of nitrogens with two attached hydrogens (primary N) is 1. The van der Waals surface area contributed by atoms with E-state index in [4.69, 9.17) is 5.73 Å². The molecule has 10 nitrogen and oxygen atoms in total. The smallest absolute Gasteiger partial charge is 0.269 e. The minimum absolute atomic E-state index is 0.199. The quantitative estimate of drug-likeness (QED) is 0.394. The normalized spacial score (nSPS) is 24.6. The Bertz CT molecular complexity index is 1290. The van der Waals surface area contributed by atoms with Crippen LogP contribution in [0.1, 0.15) is 41.1 Å². The van der Waals surface area contributed by atoms with Gasteiger partial charge in [0.25, 0.3) is 11.8 Å². The highest BCUT2D eigenvalue weighted by atomic mass is 16.3. The van der Waals surface area contributed by atoms with Crippen LogP contribution in [-0.4, -0.2) is 75.2 Å². The second-order valence-corrected chi connectivity index (χ2v) is 10.2. The predicted molar refractivity (Wildman–Crippen MR) is 137 cm³/mol. The standard InChI is InChI=1S/C26H33N7O3/c1-14(34)10-32-11-18-6-22(15(2)20(18)13-32)31-24-19(25(27)35)9-30-33-12-17(7-23(24)33)16-4-5-21(29-8-16)26(36)28-3/h4-5,7-9,12,14-15,18,20,22,31,34H,6,10-11,13H2,1-3H3,(H2,27,35)(H,28,36)/t14?,15-,18-,20-,22-/m1/s1. The molecule has 2 fully saturated rings. The molecule has 36 heavy (non-hydrogen) atoms. The van der Waals surface area contributed by atoms with Crippen LogP contribution in [0, 0.1) is 17.8 Å². The van der Waals surface area contributed by atoms with Gasteiger partial charge in [-0.3, -0.25) is 14.6 Å². The van der Waals surface area contributed by atoms with E-state index in [1.165, 1.54) is 6.20 Å². The summed E-state index contributed by atoms with van der Waals surface area (Å²) in [7, 11) is 1.57. The number of aliphatic hydroxyl groups excluding tert-OH is 1. The van der Waals surface area contributed by atoms with Gasteiger partial charge < -0.3 is 26.4 Å². The highest BCUT2D eigenvalue weighted by Crippen LogP contribution is 2.44. The number of nitrogens with zero attached hydrogens (tertiary/aromatic N) is 4. The van der Waals surface area contributed by atoms with E-state index in [9.17, 15) is 14.7 Å². The van der Waals surface area contributed by atoms with Crippen molar-refractivity contribution in [3.8, 4) is 11.1 Å². The van der Waals surface area contributed by atoms with Crippen molar-refractivity contribution < 1.29 is 14.7 Å². The lowest BCUT2D eigenvalue weighted by Gasteiger charge is -2.26. The number of hydrogen-bond acceptors (Lipinski definition) is 7. The largest absolute Gasteiger partial charge is 0.392 e. The lowest BCUT2D eigenvalue weighted by molar-refractivity contribution is 0.0956. The molecule has 190 valence electrons. The molecule has 4 heterocycles. The maximum atomic E-state index is 12.3. The number of hydrogen-bond donors (Lipinski definition) is 4. The van der Waals surface area contributed by atoms with Crippen molar-refractivity contribution in [3.63, 3.8) is 0 Å². The van der Waals surface area contributed by atoms with Crippen molar-refractivity contribution in [3.05, 3.63) is 48.0 Å². The van der Waals surface area contributed by atoms with Gasteiger partial charge >= 0.3 is 0 Å². The van der Waals surface area contributed by atoms with Gasteiger partial charge in [0.05, 0.1) is 29.1 Å². The van der Waals surface area contributed by atoms with Crippen molar-refractivity contribution in [2.75, 3.05) is 32.0 Å². The van der Waals surface area contributed by atoms with Crippen LogP contribution in [0.5, 0.6) is 0 Å². The highest BCUT2D eigenvalue weighted by Gasteiger charge is 2.46. The molecule has 3 aromatic rings. The summed E-state index contributed by atoms with van der Waals surface area (Å²) in [5.41, 5.74) is 9.60. The Hall–Kier alpha value is -3.50. The first-order valence-electron chi connectivity index (χ1n) is 12.4. The molecule has 0 radical (unpaired) electrons. The Morgan fingerprint density at radius 1 is 1.25 bits per heavy atom. The molecule has 2 aliphatic rings. The van der Waals surface area contributed by atoms with Crippen molar-refractivity contribution >= 4 is 23.0 Å². The van der Waals surface area contributed by atoms with Crippen LogP contribution < -0.4 is 16.4 Å². The number of fused-ring (bicyclic) bond motifs is 2. The molecule has 1 saturated heterocycles. The van der Waals surface area contributed by atoms with Crippen molar-refractivity contribution in [2.45, 2.75) is 32.4 Å². The number of aliphatic hydroxyl groups is 1. The van der Waals surface area contributed by atoms with Gasteiger partial charge in [-0.15, -0.1) is 0 Å². The summed E-state index contributed by atoms with van der Waals surface area (Å²) in [6.07, 6.45) is 5.71. The third kappa shape index (κ3) is 4.42. The lowest BCUT2D eigenvalue weighted by atomic mass is 9.93. The van der Waals surface area contributed by atoms with E-state index in [1.807, 2.05) is 25.3 Å². The van der Waals surface area contributed by atoms with E-state index < -0.39 is 5.91 Å². The van der Waals surface area contributed by atoms with Crippen molar-refractivity contribution in [1.82, 2.24) is 24.8 Å². The van der Waals surface area contributed by atoms with E-state index >= 15 is 0 Å². The van der Waals surface area contributed by atoms with Crippen LogP contribution in [0.2, 0.25) is 0 Å². The van der Waals surface area contributed by atoms with Gasteiger partial charge in [0.1, 0.15) is 5.69 Å². The maximum Gasteiger partial charge on any atom is 0.269 e. The number of aromatic nitrogens is 3. The number of β-amino-alcohol motifs (C(OH)–C–C–N with tert-alkyl or cyclic N) is 1. The van der Waals surface area contributed by atoms with Crippen LogP contribution >= 0.6 is 0 Å². The fraction of sp³-hybridized carbons (Fsp3) is 0.462. The summed E-state index contributed by atoms with van der Waals surface area (Å²) in [6.45, 7) is 6.78. The van der Waals surface area contributed by atoms with Crippen LogP contribution in [0.25, 0.3) is 16.6 Å². The number of carbonyl (C=O) groups excluding carboxylic acids is 2. The minimum atomic E-state index is -0.527. The van der Waals surface area contributed by atoms with E-state index in [1.54, 1.807) is 23.8 Å². The summed E-state index contributed by atoms with van der Waals surface area (Å²) in [5.74, 6) is 0.730. The summed E-state index contributed by atoms with van der Waals surface area (Å²) < 4.78 is 1.74. The Morgan fingerprint density at radius 2 is 2.06 bits per heavy atom. The van der Waals surface area contributed by atoms with Gasteiger partial charge in [-0.1, -0.05) is 13.0 Å². The summed E-state index contributed by atoms with van der Waals surface area (Å²) in [6, 6.07) is 5.68. The molecule has 1 aliphatic heterocycles. The zero-order chi connectivity index (χ0) is 25.6. The van der Waals surface area contributed by atoms with Gasteiger partial charge in [0.15, 0.2) is 0 Å². The molecule has 0 bridgehead atoms. The molecule has 0 spiro atoms. The molecule has 5 atom stereocenters. The summed E-state index contributed by atoms with van der Waals surface area (Å²) >= 11 is 0.